The number of fused-ring (bicyclic) bond motifs is 1. The maximum absolute atomic E-state index is 13.2. The summed E-state index contributed by atoms with van der Waals surface area (Å²) in [5.74, 6) is -1.05. The number of nitrogen functional groups attached to an aromatic ring is 1. The van der Waals surface area contributed by atoms with Crippen molar-refractivity contribution >= 4 is 42.3 Å². The van der Waals surface area contributed by atoms with Gasteiger partial charge in [0.05, 0.1) is 29.0 Å². The van der Waals surface area contributed by atoms with Crippen LogP contribution in [0.1, 0.15) is 25.8 Å². The molecule has 2 aromatic heterocycles. The van der Waals surface area contributed by atoms with Crippen molar-refractivity contribution in [2.24, 2.45) is 0 Å². The van der Waals surface area contributed by atoms with Gasteiger partial charge in [-0.05, 0) is 25.0 Å². The molecule has 0 radical (unpaired) electrons. The Morgan fingerprint density at radius 1 is 1.20 bits per heavy atom. The summed E-state index contributed by atoms with van der Waals surface area (Å²) in [5.41, 5.74) is 7.94. The highest BCUT2D eigenvalue weighted by molar-refractivity contribution is 6.76. The summed E-state index contributed by atoms with van der Waals surface area (Å²) in [4.78, 5) is 32.1. The Morgan fingerprint density at radius 3 is 2.57 bits per heavy atom. The largest absolute Gasteiger partial charge is 0.383 e. The smallest absolute Gasteiger partial charge is 0.314 e. The Balaban J connectivity index is 1.80. The lowest BCUT2D eigenvalue weighted by Crippen LogP contribution is -2.44. The number of ether oxygens (including phenoxy) is 1. The monoisotopic (exact) mass is 496 g/mol. The molecule has 3 rings (SSSR count). The Morgan fingerprint density at radius 2 is 1.91 bits per heavy atom. The van der Waals surface area contributed by atoms with Gasteiger partial charge in [-0.2, -0.15) is 5.10 Å². The molecule has 1 unspecified atom stereocenters. The zero-order valence-electron chi connectivity index (χ0n) is 21.2. The van der Waals surface area contributed by atoms with Crippen molar-refractivity contribution in [1.82, 2.24) is 19.7 Å². The van der Waals surface area contributed by atoms with Crippen LogP contribution in [0.3, 0.4) is 0 Å². The summed E-state index contributed by atoms with van der Waals surface area (Å²) < 4.78 is 7.48. The average Bonchev–Trinajstić information content (AvgIpc) is 3.26. The second kappa shape index (κ2) is 11.5. The number of carbonyl (C=O) groups is 2. The zero-order chi connectivity index (χ0) is 25.6. The highest BCUT2D eigenvalue weighted by atomic mass is 28.3. The van der Waals surface area contributed by atoms with Gasteiger partial charge in [-0.15, -0.1) is 0 Å². The van der Waals surface area contributed by atoms with Crippen LogP contribution in [0.5, 0.6) is 0 Å². The van der Waals surface area contributed by atoms with Crippen LogP contribution in [-0.2, 0) is 27.6 Å². The minimum absolute atomic E-state index is 0.108. The van der Waals surface area contributed by atoms with Crippen LogP contribution in [0.4, 0.5) is 11.5 Å². The van der Waals surface area contributed by atoms with E-state index in [0.717, 1.165) is 18.0 Å². The lowest BCUT2D eigenvalue weighted by Gasteiger charge is -2.28. The van der Waals surface area contributed by atoms with Crippen molar-refractivity contribution < 1.29 is 14.3 Å². The second-order valence-corrected chi connectivity index (χ2v) is 15.6. The number of hydrogen-bond acceptors (Lipinski definition) is 6. The zero-order valence-corrected chi connectivity index (χ0v) is 22.2. The molecule has 0 aliphatic carbocycles. The van der Waals surface area contributed by atoms with Crippen LogP contribution in [-0.4, -0.2) is 52.2 Å². The van der Waals surface area contributed by atoms with E-state index < -0.39 is 19.9 Å². The molecule has 0 fully saturated rings. The number of amides is 2. The molecular formula is C25H36N6O3Si. The molecule has 0 aliphatic heterocycles. The molecule has 1 aromatic carbocycles. The van der Waals surface area contributed by atoms with Crippen LogP contribution in [0, 0.1) is 0 Å². The van der Waals surface area contributed by atoms with Crippen molar-refractivity contribution in [3.63, 3.8) is 0 Å². The molecule has 2 amide bonds. The quantitative estimate of drug-likeness (QED) is 0.248. The molecule has 35 heavy (non-hydrogen) atoms. The fourth-order valence-corrected chi connectivity index (χ4v) is 4.33. The van der Waals surface area contributed by atoms with E-state index >= 15 is 0 Å². The van der Waals surface area contributed by atoms with Gasteiger partial charge in [0.1, 0.15) is 12.5 Å². The van der Waals surface area contributed by atoms with Crippen LogP contribution in [0.15, 0.2) is 42.7 Å². The molecule has 3 N–H and O–H groups in total. The highest BCUT2D eigenvalue weighted by Gasteiger charge is 2.27. The first-order chi connectivity index (χ1) is 16.6. The number of rotatable bonds is 10. The predicted octanol–water partition coefficient (Wildman–Crippen LogP) is 4.09. The highest BCUT2D eigenvalue weighted by Crippen LogP contribution is 2.27. The number of aromatic nitrogens is 3. The molecule has 0 saturated carbocycles. The van der Waals surface area contributed by atoms with Gasteiger partial charge >= 0.3 is 11.8 Å². The molecule has 10 heteroatoms. The third kappa shape index (κ3) is 6.89. The van der Waals surface area contributed by atoms with E-state index in [-0.39, 0.29) is 12.8 Å². The number of anilines is 2. The van der Waals surface area contributed by atoms with Gasteiger partial charge in [0, 0.05) is 27.3 Å². The lowest BCUT2D eigenvalue weighted by atomic mass is 10.1. The van der Waals surface area contributed by atoms with Gasteiger partial charge in [0.15, 0.2) is 0 Å². The molecule has 3 aromatic rings. The fourth-order valence-electron chi connectivity index (χ4n) is 3.57. The molecular weight excluding hydrogens is 460 g/mol. The van der Waals surface area contributed by atoms with Gasteiger partial charge in [-0.3, -0.25) is 9.59 Å². The van der Waals surface area contributed by atoms with Crippen molar-refractivity contribution in [3.8, 4) is 0 Å². The van der Waals surface area contributed by atoms with Crippen molar-refractivity contribution in [2.75, 3.05) is 17.7 Å². The number of hydrogen-bond donors (Lipinski definition) is 2. The lowest BCUT2D eigenvalue weighted by molar-refractivity contribution is -0.145. The van der Waals surface area contributed by atoms with E-state index in [9.17, 15) is 9.59 Å². The normalized spacial score (nSPS) is 12.5. The second-order valence-electron chi connectivity index (χ2n) is 9.94. The van der Waals surface area contributed by atoms with Crippen molar-refractivity contribution in [1.29, 1.82) is 0 Å². The molecule has 0 saturated heterocycles. The summed E-state index contributed by atoms with van der Waals surface area (Å²) in [7, 11) is -1.22. The van der Waals surface area contributed by atoms with E-state index in [1.807, 2.05) is 44.2 Å². The molecule has 2 heterocycles. The van der Waals surface area contributed by atoms with Crippen molar-refractivity contribution in [3.05, 3.63) is 48.3 Å². The molecule has 188 valence electrons. The van der Waals surface area contributed by atoms with E-state index in [4.69, 9.17) is 10.5 Å². The molecule has 0 spiro atoms. The summed E-state index contributed by atoms with van der Waals surface area (Å²) in [6.07, 6.45) is 3.77. The summed E-state index contributed by atoms with van der Waals surface area (Å²) >= 11 is 0. The molecule has 1 atom stereocenters. The number of nitrogens with two attached hydrogens (primary N) is 1. The Kier molecular flexibility index (Phi) is 8.63. The third-order valence-corrected chi connectivity index (χ3v) is 7.64. The Labute approximate surface area is 207 Å². The fraction of sp³-hybridized carbons (Fsp3) is 0.440. The third-order valence-electron chi connectivity index (χ3n) is 5.94. The average molecular weight is 497 g/mol. The van der Waals surface area contributed by atoms with Crippen LogP contribution in [0.2, 0.25) is 25.7 Å². The van der Waals surface area contributed by atoms with Gasteiger partial charge in [-0.25, -0.2) is 9.67 Å². The minimum atomic E-state index is -1.22. The minimum Gasteiger partial charge on any atom is -0.383 e. The SMILES string of the molecule is CCC(C)N(Cc1ccccc1)C(=O)C(=O)Nc1cnc(N)c2cnn(COCC[Si](C)(C)C)c12. The Bertz CT molecular complexity index is 1160. The first-order valence-electron chi connectivity index (χ1n) is 11.9. The standard InChI is InChI=1S/C25H36N6O3Si/c1-6-18(2)30(16-19-10-8-7-9-11-19)25(33)24(32)29-21-15-27-23(26)20-14-28-31(22(20)21)17-34-12-13-35(3,4)5/h7-11,14-15,18H,6,12-13,16-17H2,1-5H3,(H2,26,27)(H,29,32). The first kappa shape index (κ1) is 26.4. The number of nitrogens with one attached hydrogen (secondary N) is 1. The maximum Gasteiger partial charge on any atom is 0.314 e. The van der Waals surface area contributed by atoms with Gasteiger partial charge in [0.2, 0.25) is 0 Å². The van der Waals surface area contributed by atoms with Crippen LogP contribution in [0.25, 0.3) is 10.9 Å². The van der Waals surface area contributed by atoms with E-state index in [1.165, 1.54) is 6.20 Å². The van der Waals surface area contributed by atoms with E-state index in [0.29, 0.717) is 35.6 Å². The van der Waals surface area contributed by atoms with Crippen molar-refractivity contribution in [2.45, 2.75) is 65.3 Å². The number of carbonyl (C=O) groups excluding carboxylic acids is 2. The van der Waals surface area contributed by atoms with E-state index in [1.54, 1.807) is 15.8 Å². The summed E-state index contributed by atoms with van der Waals surface area (Å²) in [6.45, 7) is 12.0. The summed E-state index contributed by atoms with van der Waals surface area (Å²) in [6, 6.07) is 10.5. The molecule has 0 bridgehead atoms. The van der Waals surface area contributed by atoms with Gasteiger partial charge in [-0.1, -0.05) is 56.9 Å². The topological polar surface area (TPSA) is 115 Å². The van der Waals surface area contributed by atoms with E-state index in [2.05, 4.69) is 35.0 Å². The molecule has 9 nitrogen and oxygen atoms in total. The summed E-state index contributed by atoms with van der Waals surface area (Å²) in [5, 5.41) is 7.70. The number of nitrogens with zero attached hydrogens (tertiary/aromatic N) is 4. The molecule has 0 aliphatic rings. The van der Waals surface area contributed by atoms with Crippen LogP contribution >= 0.6 is 0 Å². The number of benzene rings is 1. The van der Waals surface area contributed by atoms with Gasteiger partial charge in [0.25, 0.3) is 0 Å². The van der Waals surface area contributed by atoms with Crippen LogP contribution < -0.4 is 11.1 Å². The Hall–Kier alpha value is -3.24. The predicted molar refractivity (Wildman–Crippen MR) is 141 cm³/mol. The van der Waals surface area contributed by atoms with Gasteiger partial charge < -0.3 is 20.7 Å². The number of pyridine rings is 1. The maximum atomic E-state index is 13.2. The first-order valence-corrected chi connectivity index (χ1v) is 15.6.